The van der Waals surface area contributed by atoms with Gasteiger partial charge in [0.2, 0.25) is 6.33 Å². The van der Waals surface area contributed by atoms with Crippen molar-refractivity contribution in [2.45, 2.75) is 52.6 Å². The molecular weight excluding hydrogens is 356 g/mol. The lowest BCUT2D eigenvalue weighted by Gasteiger charge is -2.17. The van der Waals surface area contributed by atoms with Crippen LogP contribution in [0.2, 0.25) is 0 Å². The standard InChI is InChI=1S/C14H17N2.C11H20N2/c1-3-13-5-7-14(8-6-13)11-16-10-9-15(4-2)12-16;1-3-5-6-7-8-13-10-9-12(4-2)11-13/h3,5-10,12H,1,4,11H2,2H3;4,9-10H,2-3,5-8,11H2,1H3/q+1;. The molecule has 4 heteroatoms. The van der Waals surface area contributed by atoms with Crippen LogP contribution < -0.4 is 4.57 Å². The van der Waals surface area contributed by atoms with Gasteiger partial charge in [-0.2, -0.15) is 0 Å². The maximum absolute atomic E-state index is 3.75. The van der Waals surface area contributed by atoms with Crippen molar-refractivity contribution in [2.75, 3.05) is 13.2 Å². The van der Waals surface area contributed by atoms with Crippen molar-refractivity contribution in [1.82, 2.24) is 14.4 Å². The van der Waals surface area contributed by atoms with Gasteiger partial charge in [-0.05, 0) is 30.7 Å². The zero-order chi connectivity index (χ0) is 20.9. The summed E-state index contributed by atoms with van der Waals surface area (Å²) in [6, 6.07) is 8.49. The lowest BCUT2D eigenvalue weighted by atomic mass is 10.1. The van der Waals surface area contributed by atoms with Gasteiger partial charge in [-0.25, -0.2) is 9.13 Å². The second-order valence-electron chi connectivity index (χ2n) is 7.37. The lowest BCUT2D eigenvalue weighted by molar-refractivity contribution is -0.687. The first kappa shape index (κ1) is 22.5. The molecule has 0 saturated heterocycles. The minimum Gasteiger partial charge on any atom is -0.358 e. The zero-order valence-corrected chi connectivity index (χ0v) is 18.2. The molecule has 4 nitrogen and oxygen atoms in total. The maximum Gasteiger partial charge on any atom is 0.244 e. The number of aryl methyl sites for hydroxylation is 1. The van der Waals surface area contributed by atoms with E-state index in [0.717, 1.165) is 19.8 Å². The molecule has 0 amide bonds. The minimum absolute atomic E-state index is 0.921. The van der Waals surface area contributed by atoms with E-state index >= 15 is 0 Å². The molecule has 1 aliphatic heterocycles. The van der Waals surface area contributed by atoms with Gasteiger partial charge in [0.25, 0.3) is 0 Å². The Labute approximate surface area is 177 Å². The average molecular weight is 394 g/mol. The number of unbranched alkanes of at least 4 members (excludes halogenated alkanes) is 3. The van der Waals surface area contributed by atoms with Crippen LogP contribution in [0.1, 0.15) is 50.7 Å². The summed E-state index contributed by atoms with van der Waals surface area (Å²) in [5.41, 5.74) is 2.48. The molecule has 0 radical (unpaired) electrons. The largest absolute Gasteiger partial charge is 0.358 e. The predicted molar refractivity (Wildman–Crippen MR) is 123 cm³/mol. The number of rotatable bonds is 10. The third-order valence-corrected chi connectivity index (χ3v) is 5.04. The van der Waals surface area contributed by atoms with Gasteiger partial charge in [0.1, 0.15) is 18.9 Å². The van der Waals surface area contributed by atoms with Crippen molar-refractivity contribution in [2.24, 2.45) is 0 Å². The number of hydrogen-bond donors (Lipinski definition) is 0. The summed E-state index contributed by atoms with van der Waals surface area (Å²) >= 11 is 0. The molecule has 1 aliphatic rings. The van der Waals surface area contributed by atoms with Crippen LogP contribution in [0.3, 0.4) is 0 Å². The highest BCUT2D eigenvalue weighted by Crippen LogP contribution is 2.09. The molecule has 0 N–H and O–H groups in total. The van der Waals surface area contributed by atoms with Gasteiger partial charge in [-0.1, -0.05) is 69.7 Å². The van der Waals surface area contributed by atoms with Crippen LogP contribution in [0.5, 0.6) is 0 Å². The fourth-order valence-electron chi connectivity index (χ4n) is 3.18. The lowest BCUT2D eigenvalue weighted by Crippen LogP contribution is -2.31. The number of aromatic nitrogens is 2. The molecule has 3 rings (SSSR count). The number of benzene rings is 1. The van der Waals surface area contributed by atoms with E-state index in [1.54, 1.807) is 0 Å². The molecule has 1 aromatic carbocycles. The van der Waals surface area contributed by atoms with E-state index in [4.69, 9.17) is 0 Å². The summed E-state index contributed by atoms with van der Waals surface area (Å²) < 4.78 is 4.35. The highest BCUT2D eigenvalue weighted by atomic mass is 15.3. The Bertz CT molecular complexity index is 757. The van der Waals surface area contributed by atoms with Gasteiger partial charge in [0.05, 0.1) is 13.2 Å². The van der Waals surface area contributed by atoms with E-state index in [1.807, 2.05) is 12.3 Å². The second kappa shape index (κ2) is 12.7. The first-order valence-corrected chi connectivity index (χ1v) is 10.7. The van der Waals surface area contributed by atoms with Crippen molar-refractivity contribution >= 4 is 6.08 Å². The molecule has 0 unspecified atom stereocenters. The van der Waals surface area contributed by atoms with Gasteiger partial charge in [0, 0.05) is 18.9 Å². The quantitative estimate of drug-likeness (QED) is 0.405. The summed E-state index contributed by atoms with van der Waals surface area (Å²) in [6.07, 6.45) is 19.6. The summed E-state index contributed by atoms with van der Waals surface area (Å²) in [6.45, 7) is 16.0. The monoisotopic (exact) mass is 393 g/mol. The summed E-state index contributed by atoms with van der Waals surface area (Å²) in [7, 11) is 0. The summed E-state index contributed by atoms with van der Waals surface area (Å²) in [5.74, 6) is 0. The van der Waals surface area contributed by atoms with E-state index in [2.05, 4.69) is 101 Å². The molecule has 0 fully saturated rings. The van der Waals surface area contributed by atoms with Gasteiger partial charge < -0.3 is 9.80 Å². The van der Waals surface area contributed by atoms with E-state index in [1.165, 1.54) is 43.4 Å². The third-order valence-electron chi connectivity index (χ3n) is 5.04. The second-order valence-corrected chi connectivity index (χ2v) is 7.37. The smallest absolute Gasteiger partial charge is 0.244 e. The molecule has 156 valence electrons. The predicted octanol–water partition coefficient (Wildman–Crippen LogP) is 5.24. The molecular formula is C25H37N4+. The Hall–Kier alpha value is -2.75. The number of imidazole rings is 1. The average Bonchev–Trinajstić information content (AvgIpc) is 3.41. The molecule has 2 heterocycles. The van der Waals surface area contributed by atoms with Crippen LogP contribution in [0.15, 0.2) is 74.7 Å². The van der Waals surface area contributed by atoms with Gasteiger partial charge in [0.15, 0.2) is 0 Å². The van der Waals surface area contributed by atoms with E-state index in [0.29, 0.717) is 0 Å². The molecule has 0 bridgehead atoms. The van der Waals surface area contributed by atoms with E-state index in [9.17, 15) is 0 Å². The molecule has 0 spiro atoms. The Morgan fingerprint density at radius 1 is 1.03 bits per heavy atom. The fraction of sp³-hybridized carbons (Fsp3) is 0.400. The Morgan fingerprint density at radius 3 is 2.41 bits per heavy atom. The Balaban J connectivity index is 0.000000212. The molecule has 0 atom stereocenters. The minimum atomic E-state index is 0.921. The first-order valence-electron chi connectivity index (χ1n) is 10.7. The van der Waals surface area contributed by atoms with Crippen molar-refractivity contribution in [1.29, 1.82) is 0 Å². The number of hydrogen-bond acceptors (Lipinski definition) is 2. The van der Waals surface area contributed by atoms with Crippen LogP contribution in [0.4, 0.5) is 0 Å². The zero-order valence-electron chi connectivity index (χ0n) is 18.2. The molecule has 0 aliphatic carbocycles. The van der Waals surface area contributed by atoms with E-state index in [-0.39, 0.29) is 0 Å². The SMILES string of the molecule is C=CN1C=CN(CCCCCC)C1.C=Cc1ccc(C[n+]2ccn(CC)c2)cc1. The normalized spacial score (nSPS) is 12.6. The Kier molecular flexibility index (Phi) is 9.84. The number of nitrogens with zero attached hydrogens (tertiary/aromatic N) is 4. The van der Waals surface area contributed by atoms with Crippen molar-refractivity contribution in [3.63, 3.8) is 0 Å². The van der Waals surface area contributed by atoms with Crippen LogP contribution in [-0.4, -0.2) is 27.6 Å². The van der Waals surface area contributed by atoms with Crippen LogP contribution in [-0.2, 0) is 13.1 Å². The summed E-state index contributed by atoms with van der Waals surface area (Å²) in [4.78, 5) is 4.43. The van der Waals surface area contributed by atoms with Gasteiger partial charge >= 0.3 is 0 Å². The molecule has 29 heavy (non-hydrogen) atoms. The summed E-state index contributed by atoms with van der Waals surface area (Å²) in [5, 5.41) is 0. The molecule has 0 saturated carbocycles. The van der Waals surface area contributed by atoms with Crippen molar-refractivity contribution < 1.29 is 4.57 Å². The van der Waals surface area contributed by atoms with Gasteiger partial charge in [-0.15, -0.1) is 0 Å². The van der Waals surface area contributed by atoms with Gasteiger partial charge in [-0.3, -0.25) is 0 Å². The highest BCUT2D eigenvalue weighted by molar-refractivity contribution is 5.47. The van der Waals surface area contributed by atoms with Crippen molar-refractivity contribution in [3.05, 3.63) is 85.9 Å². The Morgan fingerprint density at radius 2 is 1.83 bits per heavy atom. The highest BCUT2D eigenvalue weighted by Gasteiger charge is 2.07. The topological polar surface area (TPSA) is 15.3 Å². The maximum atomic E-state index is 3.75. The molecule has 2 aromatic rings. The van der Waals surface area contributed by atoms with Crippen LogP contribution in [0.25, 0.3) is 6.08 Å². The molecule has 1 aromatic heterocycles. The van der Waals surface area contributed by atoms with Crippen LogP contribution >= 0.6 is 0 Å². The van der Waals surface area contributed by atoms with Crippen molar-refractivity contribution in [3.8, 4) is 0 Å². The first-order chi connectivity index (χ1) is 14.2. The van der Waals surface area contributed by atoms with Crippen LogP contribution in [0, 0.1) is 0 Å². The fourth-order valence-corrected chi connectivity index (χ4v) is 3.18. The third kappa shape index (κ3) is 8.02. The van der Waals surface area contributed by atoms with E-state index < -0.39 is 0 Å².